The molecule has 0 bridgehead atoms. The molecular weight excluding hydrogens is 496 g/mol. The van der Waals surface area contributed by atoms with E-state index in [-0.39, 0.29) is 17.6 Å². The van der Waals surface area contributed by atoms with Crippen molar-refractivity contribution in [3.8, 4) is 11.1 Å². The molecule has 0 aliphatic carbocycles. The zero-order valence-corrected chi connectivity index (χ0v) is 21.7. The molecule has 3 N–H and O–H groups in total. The third kappa shape index (κ3) is 3.77. The number of nitrogens with zero attached hydrogens (tertiary/aromatic N) is 4. The number of nitrogens with two attached hydrogens (primary N) is 1. The number of hydrogen-bond donors (Lipinski definition) is 2. The highest BCUT2D eigenvalue weighted by molar-refractivity contribution is 7.99. The summed E-state index contributed by atoms with van der Waals surface area (Å²) in [5.74, 6) is 1.18. The van der Waals surface area contributed by atoms with Crippen LogP contribution in [-0.2, 0) is 11.3 Å². The SMILES string of the molecule is C=CC(=O)N1CCN(c2nc(=O)n3c4c(c(-c5c(C)ccc(N)c5C=N)c(Cl)cc24)SCC3)C(C)C1. The molecule has 1 saturated heterocycles. The summed E-state index contributed by atoms with van der Waals surface area (Å²) in [6.07, 6.45) is 2.59. The third-order valence-electron chi connectivity index (χ3n) is 6.98. The maximum Gasteiger partial charge on any atom is 0.350 e. The molecule has 1 fully saturated rings. The van der Waals surface area contributed by atoms with Crippen LogP contribution in [0.2, 0.25) is 5.02 Å². The Morgan fingerprint density at radius 2 is 2.08 bits per heavy atom. The number of hydrogen-bond acceptors (Lipinski definition) is 7. The maximum atomic E-state index is 13.3. The zero-order chi connectivity index (χ0) is 25.7. The number of aryl methyl sites for hydroxylation is 2. The van der Waals surface area contributed by atoms with Crippen molar-refractivity contribution in [3.05, 3.63) is 57.5 Å². The van der Waals surface area contributed by atoms with Crippen LogP contribution < -0.4 is 16.3 Å². The van der Waals surface area contributed by atoms with E-state index in [0.29, 0.717) is 54.0 Å². The first-order valence-electron chi connectivity index (χ1n) is 11.7. The Balaban J connectivity index is 1.76. The number of anilines is 2. The average molecular weight is 523 g/mol. The van der Waals surface area contributed by atoms with Crippen molar-refractivity contribution in [2.45, 2.75) is 31.3 Å². The normalized spacial score (nSPS) is 17.4. The van der Waals surface area contributed by atoms with Crippen LogP contribution in [0.3, 0.4) is 0 Å². The van der Waals surface area contributed by atoms with E-state index < -0.39 is 0 Å². The molecule has 1 unspecified atom stereocenters. The molecule has 186 valence electrons. The molecule has 36 heavy (non-hydrogen) atoms. The summed E-state index contributed by atoms with van der Waals surface area (Å²) in [4.78, 5) is 34.7. The predicted molar refractivity (Wildman–Crippen MR) is 148 cm³/mol. The predicted octanol–water partition coefficient (Wildman–Crippen LogP) is 3.93. The van der Waals surface area contributed by atoms with Gasteiger partial charge in [0.1, 0.15) is 5.82 Å². The van der Waals surface area contributed by atoms with Crippen LogP contribution >= 0.6 is 23.4 Å². The molecule has 1 aromatic heterocycles. The van der Waals surface area contributed by atoms with Gasteiger partial charge in [0.2, 0.25) is 5.91 Å². The van der Waals surface area contributed by atoms with Crippen molar-refractivity contribution in [2.75, 3.05) is 36.0 Å². The largest absolute Gasteiger partial charge is 0.398 e. The topological polar surface area (TPSA) is 108 Å². The van der Waals surface area contributed by atoms with Gasteiger partial charge in [0.25, 0.3) is 0 Å². The van der Waals surface area contributed by atoms with Crippen molar-refractivity contribution in [1.29, 1.82) is 5.41 Å². The minimum absolute atomic E-state index is 0.0493. The van der Waals surface area contributed by atoms with Crippen LogP contribution in [-0.4, -0.2) is 58.0 Å². The highest BCUT2D eigenvalue weighted by Crippen LogP contribution is 2.47. The van der Waals surface area contributed by atoms with E-state index in [1.807, 2.05) is 26.0 Å². The van der Waals surface area contributed by atoms with E-state index >= 15 is 0 Å². The lowest BCUT2D eigenvalue weighted by Crippen LogP contribution is -2.54. The van der Waals surface area contributed by atoms with Gasteiger partial charge in [-0.3, -0.25) is 9.36 Å². The van der Waals surface area contributed by atoms with Gasteiger partial charge in [0.05, 0.1) is 10.5 Å². The van der Waals surface area contributed by atoms with E-state index in [2.05, 4.69) is 16.5 Å². The molecule has 0 radical (unpaired) electrons. The first-order valence-corrected chi connectivity index (χ1v) is 13.1. The second-order valence-corrected chi connectivity index (χ2v) is 10.6. The molecule has 3 heterocycles. The summed E-state index contributed by atoms with van der Waals surface area (Å²) in [6, 6.07) is 5.55. The summed E-state index contributed by atoms with van der Waals surface area (Å²) in [5.41, 5.74) is 10.4. The van der Waals surface area contributed by atoms with Crippen LogP contribution in [0.15, 0.2) is 40.5 Å². The van der Waals surface area contributed by atoms with Crippen LogP contribution in [0, 0.1) is 12.3 Å². The monoisotopic (exact) mass is 522 g/mol. The summed E-state index contributed by atoms with van der Waals surface area (Å²) in [7, 11) is 0. The molecular formula is C26H27ClN6O2S. The van der Waals surface area contributed by atoms with Crippen molar-refractivity contribution >= 4 is 57.9 Å². The number of thioether (sulfide) groups is 1. The summed E-state index contributed by atoms with van der Waals surface area (Å²) >= 11 is 8.65. The molecule has 0 spiro atoms. The van der Waals surface area contributed by atoms with Gasteiger partial charge in [0, 0.05) is 71.3 Å². The lowest BCUT2D eigenvalue weighted by Gasteiger charge is -2.40. The molecule has 0 saturated carbocycles. The molecule has 1 atom stereocenters. The molecule has 8 nitrogen and oxygen atoms in total. The van der Waals surface area contributed by atoms with Gasteiger partial charge in [-0.2, -0.15) is 4.98 Å². The fraction of sp³-hybridized carbons (Fsp3) is 0.308. The lowest BCUT2D eigenvalue weighted by molar-refractivity contribution is -0.126. The van der Waals surface area contributed by atoms with Gasteiger partial charge < -0.3 is 20.9 Å². The summed E-state index contributed by atoms with van der Waals surface area (Å²) < 4.78 is 1.72. The standard InChI is InChI=1S/C26H27ClN6O2S/c1-4-20(34)31-7-8-32(15(3)13-31)25-16-11-18(27)22(21-14(2)5-6-19(29)17(21)12-28)24-23(16)33(9-10-36-24)26(35)30-25/h4-6,11-12,15,28H,1,7-10,13,29H2,2-3H3. The number of nitrogen functional groups attached to an aromatic ring is 1. The fourth-order valence-corrected chi connectivity index (χ4v) is 6.78. The molecule has 3 aromatic rings. The number of benzene rings is 2. The number of rotatable bonds is 4. The van der Waals surface area contributed by atoms with E-state index in [1.165, 1.54) is 12.3 Å². The molecule has 10 heteroatoms. The second kappa shape index (κ2) is 9.29. The lowest BCUT2D eigenvalue weighted by atomic mass is 9.93. The second-order valence-electron chi connectivity index (χ2n) is 9.11. The van der Waals surface area contributed by atoms with E-state index in [0.717, 1.165) is 32.5 Å². The van der Waals surface area contributed by atoms with Crippen molar-refractivity contribution in [3.63, 3.8) is 0 Å². The maximum absolute atomic E-state index is 13.3. The Morgan fingerprint density at radius 1 is 1.31 bits per heavy atom. The Bertz CT molecular complexity index is 1500. The van der Waals surface area contributed by atoms with Crippen LogP contribution in [0.25, 0.3) is 22.0 Å². The van der Waals surface area contributed by atoms with Gasteiger partial charge in [-0.15, -0.1) is 11.8 Å². The minimum Gasteiger partial charge on any atom is -0.398 e. The van der Waals surface area contributed by atoms with Crippen LogP contribution in [0.5, 0.6) is 0 Å². The smallest absolute Gasteiger partial charge is 0.350 e. The molecule has 2 aromatic carbocycles. The zero-order valence-electron chi connectivity index (χ0n) is 20.2. The number of carbonyl (C=O) groups excluding carboxylic acids is 1. The minimum atomic E-state index is -0.305. The van der Waals surface area contributed by atoms with Crippen molar-refractivity contribution in [2.24, 2.45) is 0 Å². The van der Waals surface area contributed by atoms with E-state index in [9.17, 15) is 9.59 Å². The Morgan fingerprint density at radius 3 is 2.78 bits per heavy atom. The summed E-state index contributed by atoms with van der Waals surface area (Å²) in [5, 5.41) is 9.34. The van der Waals surface area contributed by atoms with Crippen LogP contribution in [0.4, 0.5) is 11.5 Å². The number of nitrogens with one attached hydrogen (secondary N) is 1. The quantitative estimate of drug-likeness (QED) is 0.305. The Labute approximate surface area is 218 Å². The third-order valence-corrected chi connectivity index (χ3v) is 8.35. The number of aromatic nitrogens is 2. The van der Waals surface area contributed by atoms with Crippen molar-refractivity contribution in [1.82, 2.24) is 14.5 Å². The number of halogens is 1. The van der Waals surface area contributed by atoms with Gasteiger partial charge >= 0.3 is 5.69 Å². The highest BCUT2D eigenvalue weighted by Gasteiger charge is 2.31. The van der Waals surface area contributed by atoms with Gasteiger partial charge in [0.15, 0.2) is 0 Å². The fourth-order valence-electron chi connectivity index (χ4n) is 5.23. The van der Waals surface area contributed by atoms with Gasteiger partial charge in [-0.05, 0) is 43.2 Å². The Hall–Kier alpha value is -3.30. The summed E-state index contributed by atoms with van der Waals surface area (Å²) in [6.45, 7) is 9.70. The number of carbonyl (C=O) groups is 1. The average Bonchev–Trinajstić information content (AvgIpc) is 2.87. The van der Waals surface area contributed by atoms with Gasteiger partial charge in [-0.25, -0.2) is 4.79 Å². The van der Waals surface area contributed by atoms with Crippen molar-refractivity contribution < 1.29 is 4.79 Å². The molecule has 5 rings (SSSR count). The van der Waals surface area contributed by atoms with Crippen LogP contribution in [0.1, 0.15) is 18.1 Å². The first kappa shape index (κ1) is 24.4. The Kier molecular flexibility index (Phi) is 6.30. The highest BCUT2D eigenvalue weighted by atomic mass is 35.5. The first-order chi connectivity index (χ1) is 17.3. The van der Waals surface area contributed by atoms with E-state index in [4.69, 9.17) is 22.7 Å². The number of amides is 1. The molecule has 1 amide bonds. The van der Waals surface area contributed by atoms with E-state index in [1.54, 1.807) is 27.3 Å². The molecule has 2 aliphatic heterocycles. The molecule has 2 aliphatic rings. The number of piperazine rings is 1. The van der Waals surface area contributed by atoms with Gasteiger partial charge in [-0.1, -0.05) is 24.2 Å².